The SMILES string of the molecule is Cc1ncsc1-c1ccc(C=O)s1. The largest absolute Gasteiger partial charge is 0.297 e. The van der Waals surface area contributed by atoms with Crippen molar-refractivity contribution in [3.8, 4) is 9.75 Å². The molecule has 66 valence electrons. The second kappa shape index (κ2) is 3.40. The molecule has 0 aliphatic rings. The van der Waals surface area contributed by atoms with E-state index < -0.39 is 0 Å². The molecular weight excluding hydrogens is 202 g/mol. The first kappa shape index (κ1) is 8.59. The summed E-state index contributed by atoms with van der Waals surface area (Å²) in [5.74, 6) is 0. The second-order valence-electron chi connectivity index (χ2n) is 2.59. The molecule has 0 N–H and O–H groups in total. The van der Waals surface area contributed by atoms with Crippen LogP contribution in [0, 0.1) is 6.92 Å². The fraction of sp³-hybridized carbons (Fsp3) is 0.111. The molecule has 2 aromatic heterocycles. The van der Waals surface area contributed by atoms with Crippen molar-refractivity contribution in [3.05, 3.63) is 28.2 Å². The van der Waals surface area contributed by atoms with Gasteiger partial charge in [0.1, 0.15) is 0 Å². The van der Waals surface area contributed by atoms with Crippen LogP contribution in [0.3, 0.4) is 0 Å². The van der Waals surface area contributed by atoms with E-state index in [9.17, 15) is 4.79 Å². The molecule has 0 aromatic carbocycles. The molecule has 4 heteroatoms. The number of nitrogens with zero attached hydrogens (tertiary/aromatic N) is 1. The molecule has 0 saturated carbocycles. The Labute approximate surface area is 83.9 Å². The lowest BCUT2D eigenvalue weighted by Gasteiger charge is -1.90. The molecule has 2 heterocycles. The maximum atomic E-state index is 10.5. The quantitative estimate of drug-likeness (QED) is 0.712. The molecule has 0 bridgehead atoms. The van der Waals surface area contributed by atoms with Crippen molar-refractivity contribution in [2.75, 3.05) is 0 Å². The molecule has 0 aliphatic carbocycles. The van der Waals surface area contributed by atoms with Crippen LogP contribution in [0.25, 0.3) is 9.75 Å². The van der Waals surface area contributed by atoms with E-state index in [-0.39, 0.29) is 0 Å². The summed E-state index contributed by atoms with van der Waals surface area (Å²) in [7, 11) is 0. The molecule has 0 fully saturated rings. The summed E-state index contributed by atoms with van der Waals surface area (Å²) in [6.07, 6.45) is 0.879. The Balaban J connectivity index is 2.46. The summed E-state index contributed by atoms with van der Waals surface area (Å²) in [5, 5.41) is 0. The van der Waals surface area contributed by atoms with Gasteiger partial charge in [-0.15, -0.1) is 22.7 Å². The van der Waals surface area contributed by atoms with Crippen LogP contribution < -0.4 is 0 Å². The van der Waals surface area contributed by atoms with Crippen LogP contribution in [0.2, 0.25) is 0 Å². The fourth-order valence-electron chi connectivity index (χ4n) is 1.08. The molecule has 0 atom stereocenters. The van der Waals surface area contributed by atoms with Gasteiger partial charge in [-0.3, -0.25) is 4.79 Å². The number of thiophene rings is 1. The second-order valence-corrected chi connectivity index (χ2v) is 4.56. The van der Waals surface area contributed by atoms with Gasteiger partial charge in [-0.2, -0.15) is 0 Å². The highest BCUT2D eigenvalue weighted by atomic mass is 32.1. The number of aldehydes is 1. The van der Waals surface area contributed by atoms with Gasteiger partial charge in [0.15, 0.2) is 6.29 Å². The van der Waals surface area contributed by atoms with Gasteiger partial charge in [0.25, 0.3) is 0 Å². The van der Waals surface area contributed by atoms with Crippen LogP contribution >= 0.6 is 22.7 Å². The minimum absolute atomic E-state index is 0.766. The monoisotopic (exact) mass is 209 g/mol. The Morgan fingerprint density at radius 3 is 2.85 bits per heavy atom. The summed E-state index contributed by atoms with van der Waals surface area (Å²) < 4.78 is 0. The van der Waals surface area contributed by atoms with E-state index in [0.717, 1.165) is 26.6 Å². The van der Waals surface area contributed by atoms with Crippen molar-refractivity contribution in [3.63, 3.8) is 0 Å². The number of hydrogen-bond acceptors (Lipinski definition) is 4. The van der Waals surface area contributed by atoms with Crippen LogP contribution in [0.4, 0.5) is 0 Å². The summed E-state index contributed by atoms with van der Waals surface area (Å²) >= 11 is 3.12. The Bertz CT molecular complexity index is 430. The zero-order chi connectivity index (χ0) is 9.26. The normalized spacial score (nSPS) is 10.2. The van der Waals surface area contributed by atoms with Crippen molar-refractivity contribution in [1.29, 1.82) is 0 Å². The minimum atomic E-state index is 0.766. The fourth-order valence-corrected chi connectivity index (χ4v) is 2.88. The topological polar surface area (TPSA) is 30.0 Å². The van der Waals surface area contributed by atoms with Gasteiger partial charge in [-0.05, 0) is 19.1 Å². The first-order valence-electron chi connectivity index (χ1n) is 3.76. The van der Waals surface area contributed by atoms with E-state index in [2.05, 4.69) is 4.98 Å². The van der Waals surface area contributed by atoms with Crippen molar-refractivity contribution < 1.29 is 4.79 Å². The molecule has 2 nitrogen and oxygen atoms in total. The lowest BCUT2D eigenvalue weighted by atomic mass is 10.3. The van der Waals surface area contributed by atoms with E-state index in [1.54, 1.807) is 11.3 Å². The summed E-state index contributed by atoms with van der Waals surface area (Å²) in [6.45, 7) is 1.98. The number of hydrogen-bond donors (Lipinski definition) is 0. The average molecular weight is 209 g/mol. The molecule has 0 amide bonds. The first-order valence-corrected chi connectivity index (χ1v) is 5.46. The number of carbonyl (C=O) groups excluding carboxylic acids is 1. The van der Waals surface area contributed by atoms with Gasteiger partial charge in [0, 0.05) is 4.88 Å². The first-order chi connectivity index (χ1) is 6.31. The molecular formula is C9H7NOS2. The van der Waals surface area contributed by atoms with Crippen molar-refractivity contribution >= 4 is 29.0 Å². The van der Waals surface area contributed by atoms with Crippen LogP contribution in [-0.2, 0) is 0 Å². The summed E-state index contributed by atoms with van der Waals surface area (Å²) in [5.41, 5.74) is 2.86. The lowest BCUT2D eigenvalue weighted by molar-refractivity contribution is 0.112. The third kappa shape index (κ3) is 1.55. The molecule has 0 saturated heterocycles. The molecule has 0 spiro atoms. The Kier molecular flexibility index (Phi) is 2.24. The lowest BCUT2D eigenvalue weighted by Crippen LogP contribution is -1.71. The van der Waals surface area contributed by atoms with Crippen LogP contribution in [0.1, 0.15) is 15.4 Å². The Hall–Kier alpha value is -1.00. The third-order valence-electron chi connectivity index (χ3n) is 1.71. The number of aromatic nitrogens is 1. The molecule has 13 heavy (non-hydrogen) atoms. The smallest absolute Gasteiger partial charge is 0.160 e. The van der Waals surface area contributed by atoms with Gasteiger partial charge in [0.05, 0.1) is 21.0 Å². The van der Waals surface area contributed by atoms with Crippen molar-refractivity contribution in [2.24, 2.45) is 0 Å². The Morgan fingerprint density at radius 1 is 1.46 bits per heavy atom. The maximum Gasteiger partial charge on any atom is 0.160 e. The number of thiazole rings is 1. The van der Waals surface area contributed by atoms with E-state index in [1.165, 1.54) is 11.3 Å². The van der Waals surface area contributed by atoms with Crippen molar-refractivity contribution in [1.82, 2.24) is 4.98 Å². The highest BCUT2D eigenvalue weighted by Gasteiger charge is 2.06. The van der Waals surface area contributed by atoms with Gasteiger partial charge < -0.3 is 0 Å². The molecule has 0 aliphatic heterocycles. The van der Waals surface area contributed by atoms with Crippen molar-refractivity contribution in [2.45, 2.75) is 6.92 Å². The molecule has 2 rings (SSSR count). The molecule has 0 unspecified atom stereocenters. The highest BCUT2D eigenvalue weighted by Crippen LogP contribution is 2.32. The predicted molar refractivity (Wildman–Crippen MR) is 55.6 cm³/mol. The molecule has 0 radical (unpaired) electrons. The zero-order valence-electron chi connectivity index (χ0n) is 6.98. The van der Waals surface area contributed by atoms with Crippen LogP contribution in [0.5, 0.6) is 0 Å². The average Bonchev–Trinajstić information content (AvgIpc) is 2.71. The van der Waals surface area contributed by atoms with Crippen LogP contribution in [-0.4, -0.2) is 11.3 Å². The highest BCUT2D eigenvalue weighted by molar-refractivity contribution is 7.22. The zero-order valence-corrected chi connectivity index (χ0v) is 8.61. The number of carbonyl (C=O) groups is 1. The van der Waals surface area contributed by atoms with E-state index in [1.807, 2.05) is 24.6 Å². The van der Waals surface area contributed by atoms with Gasteiger partial charge in [-0.25, -0.2) is 4.98 Å². The standard InChI is InChI=1S/C9H7NOS2/c1-6-9(12-5-10-6)8-3-2-7(4-11)13-8/h2-5H,1H3. The van der Waals surface area contributed by atoms with Gasteiger partial charge in [-0.1, -0.05) is 0 Å². The minimum Gasteiger partial charge on any atom is -0.297 e. The molecule has 2 aromatic rings. The maximum absolute atomic E-state index is 10.5. The van der Waals surface area contributed by atoms with E-state index in [4.69, 9.17) is 0 Å². The van der Waals surface area contributed by atoms with E-state index in [0.29, 0.717) is 0 Å². The van der Waals surface area contributed by atoms with Gasteiger partial charge >= 0.3 is 0 Å². The number of rotatable bonds is 2. The summed E-state index contributed by atoms with van der Waals surface area (Å²) in [6, 6.07) is 3.81. The summed E-state index contributed by atoms with van der Waals surface area (Å²) in [4.78, 5) is 17.7. The Morgan fingerprint density at radius 2 is 2.31 bits per heavy atom. The van der Waals surface area contributed by atoms with E-state index >= 15 is 0 Å². The predicted octanol–water partition coefficient (Wildman–Crippen LogP) is 2.99. The number of aryl methyl sites for hydroxylation is 1. The van der Waals surface area contributed by atoms with Crippen LogP contribution in [0.15, 0.2) is 17.6 Å². The third-order valence-corrected chi connectivity index (χ3v) is 3.83. The van der Waals surface area contributed by atoms with Gasteiger partial charge in [0.2, 0.25) is 0 Å².